The fourth-order valence-corrected chi connectivity index (χ4v) is 1.65. The molecule has 0 saturated carbocycles. The number of fused-ring (bicyclic) bond motifs is 1. The lowest BCUT2D eigenvalue weighted by atomic mass is 10.1. The summed E-state index contributed by atoms with van der Waals surface area (Å²) in [5.41, 5.74) is 1.51. The van der Waals surface area contributed by atoms with Gasteiger partial charge in [-0.25, -0.2) is 0 Å². The van der Waals surface area contributed by atoms with Gasteiger partial charge in [0.25, 0.3) is 0 Å². The smallest absolute Gasteiger partial charge is 0.305 e. The fourth-order valence-electron chi connectivity index (χ4n) is 1.65. The number of nitrogens with one attached hydrogen (secondary N) is 1. The van der Waals surface area contributed by atoms with E-state index in [0.717, 1.165) is 16.5 Å². The Morgan fingerprint density at radius 2 is 1.88 bits per heavy atom. The third-order valence-electron chi connectivity index (χ3n) is 2.36. The van der Waals surface area contributed by atoms with Crippen LogP contribution in [-0.4, -0.2) is 17.7 Å². The van der Waals surface area contributed by atoms with Crippen LogP contribution in [0.25, 0.3) is 10.9 Å². The fraction of sp³-hybridized carbons (Fsp3) is 0.250. The van der Waals surface area contributed by atoms with Gasteiger partial charge in [0, 0.05) is 18.1 Å². The van der Waals surface area contributed by atoms with E-state index in [-0.39, 0.29) is 6.54 Å². The van der Waals surface area contributed by atoms with E-state index in [1.165, 1.54) is 0 Å². The van der Waals surface area contributed by atoms with Gasteiger partial charge < -0.3 is 5.32 Å². The average molecular weight is 240 g/mol. The summed E-state index contributed by atoms with van der Waals surface area (Å²) in [6, 6.07) is 9.16. The Morgan fingerprint density at radius 3 is 2.65 bits per heavy atom. The molecule has 0 amide bonds. The summed E-state index contributed by atoms with van der Waals surface area (Å²) in [5.74, 6) is 0. The molecule has 2 aromatic rings. The SMILES string of the molecule is FC(F)(F)CNCc1cccc2cccnc12. The number of pyridine rings is 1. The Balaban J connectivity index is 2.13. The van der Waals surface area contributed by atoms with Crippen molar-refractivity contribution in [3.8, 4) is 0 Å². The Bertz CT molecular complexity index is 503. The molecule has 17 heavy (non-hydrogen) atoms. The molecule has 0 unspecified atom stereocenters. The van der Waals surface area contributed by atoms with Crippen LogP contribution < -0.4 is 5.32 Å². The zero-order chi connectivity index (χ0) is 12.3. The molecule has 0 spiro atoms. The van der Waals surface area contributed by atoms with E-state index in [9.17, 15) is 13.2 Å². The molecule has 0 aliphatic carbocycles. The minimum absolute atomic E-state index is 0.161. The van der Waals surface area contributed by atoms with Crippen molar-refractivity contribution in [2.75, 3.05) is 6.54 Å². The van der Waals surface area contributed by atoms with Gasteiger partial charge in [0.15, 0.2) is 0 Å². The van der Waals surface area contributed by atoms with Crippen LogP contribution in [0.5, 0.6) is 0 Å². The number of hydrogen-bond acceptors (Lipinski definition) is 2. The molecule has 0 radical (unpaired) electrons. The molecule has 2 nitrogen and oxygen atoms in total. The number of halogens is 3. The highest BCUT2D eigenvalue weighted by molar-refractivity contribution is 5.81. The van der Waals surface area contributed by atoms with Gasteiger partial charge in [-0.2, -0.15) is 13.2 Å². The zero-order valence-electron chi connectivity index (χ0n) is 8.96. The van der Waals surface area contributed by atoms with Crippen LogP contribution in [-0.2, 0) is 6.54 Å². The summed E-state index contributed by atoms with van der Waals surface area (Å²) in [5, 5.41) is 3.30. The van der Waals surface area contributed by atoms with Gasteiger partial charge in [0.05, 0.1) is 12.1 Å². The Labute approximate surface area is 96.5 Å². The molecule has 0 aliphatic rings. The summed E-state index contributed by atoms with van der Waals surface area (Å²) in [6.45, 7) is -0.829. The molecule has 0 fully saturated rings. The summed E-state index contributed by atoms with van der Waals surface area (Å²) in [6.07, 6.45) is -2.55. The number of hydrogen-bond donors (Lipinski definition) is 1. The first-order valence-electron chi connectivity index (χ1n) is 5.16. The third kappa shape index (κ3) is 3.17. The normalized spacial score (nSPS) is 11.9. The Kier molecular flexibility index (Phi) is 3.28. The van der Waals surface area contributed by atoms with Crippen LogP contribution in [0.4, 0.5) is 13.2 Å². The summed E-state index contributed by atoms with van der Waals surface area (Å²) < 4.78 is 36.0. The van der Waals surface area contributed by atoms with Crippen LogP contribution in [0, 0.1) is 0 Å². The van der Waals surface area contributed by atoms with E-state index in [1.54, 1.807) is 18.3 Å². The second-order valence-corrected chi connectivity index (χ2v) is 3.71. The van der Waals surface area contributed by atoms with Crippen molar-refractivity contribution in [1.29, 1.82) is 0 Å². The maximum atomic E-state index is 12.0. The van der Waals surface area contributed by atoms with Crippen molar-refractivity contribution < 1.29 is 13.2 Å². The molecule has 0 atom stereocenters. The highest BCUT2D eigenvalue weighted by atomic mass is 19.4. The van der Waals surface area contributed by atoms with E-state index in [1.807, 2.05) is 18.2 Å². The predicted octanol–water partition coefficient (Wildman–Crippen LogP) is 2.89. The molecular weight excluding hydrogens is 229 g/mol. The number of para-hydroxylation sites is 1. The standard InChI is InChI=1S/C12H11F3N2/c13-12(14,15)8-16-7-10-4-1-3-9-5-2-6-17-11(9)10/h1-6,16H,7-8H2. The molecule has 2 rings (SSSR count). The third-order valence-corrected chi connectivity index (χ3v) is 2.36. The highest BCUT2D eigenvalue weighted by Crippen LogP contribution is 2.17. The molecule has 0 bridgehead atoms. The van der Waals surface area contributed by atoms with Crippen molar-refractivity contribution in [2.45, 2.75) is 12.7 Å². The molecule has 1 aromatic carbocycles. The molecule has 0 aliphatic heterocycles. The lowest BCUT2D eigenvalue weighted by Gasteiger charge is -2.09. The molecular formula is C12H11F3N2. The monoisotopic (exact) mass is 240 g/mol. The molecule has 1 N–H and O–H groups in total. The van der Waals surface area contributed by atoms with E-state index >= 15 is 0 Å². The van der Waals surface area contributed by atoms with E-state index in [0.29, 0.717) is 0 Å². The number of nitrogens with zero attached hydrogens (tertiary/aromatic N) is 1. The highest BCUT2D eigenvalue weighted by Gasteiger charge is 2.26. The minimum Gasteiger partial charge on any atom is -0.305 e. The van der Waals surface area contributed by atoms with E-state index in [2.05, 4.69) is 10.3 Å². The van der Waals surface area contributed by atoms with Gasteiger partial charge in [-0.3, -0.25) is 4.98 Å². The van der Waals surface area contributed by atoms with Crippen molar-refractivity contribution in [1.82, 2.24) is 10.3 Å². The molecule has 5 heteroatoms. The predicted molar refractivity (Wildman–Crippen MR) is 59.5 cm³/mol. The summed E-state index contributed by atoms with van der Waals surface area (Å²) >= 11 is 0. The van der Waals surface area contributed by atoms with Gasteiger partial charge in [0.1, 0.15) is 0 Å². The lowest BCUT2D eigenvalue weighted by Crippen LogP contribution is -2.28. The number of aromatic nitrogens is 1. The maximum absolute atomic E-state index is 12.0. The van der Waals surface area contributed by atoms with Crippen molar-refractivity contribution in [2.24, 2.45) is 0 Å². The summed E-state index contributed by atoms with van der Waals surface area (Å²) in [7, 11) is 0. The van der Waals surface area contributed by atoms with Gasteiger partial charge in [-0.1, -0.05) is 24.3 Å². The largest absolute Gasteiger partial charge is 0.401 e. The molecule has 1 heterocycles. The van der Waals surface area contributed by atoms with Crippen LogP contribution in [0.2, 0.25) is 0 Å². The molecule has 1 aromatic heterocycles. The minimum atomic E-state index is -4.18. The maximum Gasteiger partial charge on any atom is 0.401 e. The Morgan fingerprint density at radius 1 is 1.12 bits per heavy atom. The first-order chi connectivity index (χ1) is 8.06. The van der Waals surface area contributed by atoms with Gasteiger partial charge in [-0.05, 0) is 11.6 Å². The first-order valence-corrected chi connectivity index (χ1v) is 5.16. The second kappa shape index (κ2) is 4.71. The van der Waals surface area contributed by atoms with Crippen molar-refractivity contribution in [3.63, 3.8) is 0 Å². The van der Waals surface area contributed by atoms with Gasteiger partial charge in [0.2, 0.25) is 0 Å². The summed E-state index contributed by atoms with van der Waals surface area (Å²) in [4.78, 5) is 4.17. The Hall–Kier alpha value is -1.62. The van der Waals surface area contributed by atoms with Gasteiger partial charge in [-0.15, -0.1) is 0 Å². The number of rotatable bonds is 3. The molecule has 90 valence electrons. The zero-order valence-corrected chi connectivity index (χ0v) is 8.96. The van der Waals surface area contributed by atoms with Crippen LogP contribution >= 0.6 is 0 Å². The van der Waals surface area contributed by atoms with E-state index in [4.69, 9.17) is 0 Å². The number of benzene rings is 1. The lowest BCUT2D eigenvalue weighted by molar-refractivity contribution is -0.125. The van der Waals surface area contributed by atoms with Crippen LogP contribution in [0.1, 0.15) is 5.56 Å². The van der Waals surface area contributed by atoms with E-state index < -0.39 is 12.7 Å². The quantitative estimate of drug-likeness (QED) is 0.892. The average Bonchev–Trinajstić information content (AvgIpc) is 2.28. The van der Waals surface area contributed by atoms with Crippen LogP contribution in [0.3, 0.4) is 0 Å². The van der Waals surface area contributed by atoms with Crippen molar-refractivity contribution in [3.05, 3.63) is 42.1 Å². The van der Waals surface area contributed by atoms with Gasteiger partial charge >= 0.3 is 6.18 Å². The topological polar surface area (TPSA) is 24.9 Å². The number of alkyl halides is 3. The first kappa shape index (κ1) is 11.9. The molecule has 0 saturated heterocycles. The second-order valence-electron chi connectivity index (χ2n) is 3.71. The van der Waals surface area contributed by atoms with Crippen LogP contribution in [0.15, 0.2) is 36.5 Å². The van der Waals surface area contributed by atoms with Crippen molar-refractivity contribution >= 4 is 10.9 Å².